The highest BCUT2D eigenvalue weighted by Crippen LogP contribution is 2.59. The van der Waals surface area contributed by atoms with E-state index in [1.165, 1.54) is 0 Å². The Kier molecular flexibility index (Phi) is 9.04. The number of nitrogens with one attached hydrogen (secondary N) is 2. The van der Waals surface area contributed by atoms with Gasteiger partial charge in [0.1, 0.15) is 5.70 Å². The highest BCUT2D eigenvalue weighted by molar-refractivity contribution is 7.77. The average Bonchev–Trinajstić information content (AvgIpc) is 2.97. The van der Waals surface area contributed by atoms with E-state index < -0.39 is 19.2 Å². The van der Waals surface area contributed by atoms with Gasteiger partial charge in [0.2, 0.25) is 0 Å². The Labute approximate surface area is 222 Å². The summed E-state index contributed by atoms with van der Waals surface area (Å²) < 4.78 is 20.8. The van der Waals surface area contributed by atoms with Gasteiger partial charge in [-0.3, -0.25) is 14.2 Å². The van der Waals surface area contributed by atoms with Crippen LogP contribution in [0, 0.1) is 0 Å². The molecule has 4 rings (SSSR count). The highest BCUT2D eigenvalue weighted by Gasteiger charge is 2.37. The van der Waals surface area contributed by atoms with Gasteiger partial charge in [0, 0.05) is 17.4 Å². The van der Waals surface area contributed by atoms with Crippen molar-refractivity contribution in [1.82, 2.24) is 10.6 Å². The first-order chi connectivity index (χ1) is 18.5. The van der Waals surface area contributed by atoms with Crippen molar-refractivity contribution in [2.24, 2.45) is 0 Å². The number of carbonyl (C=O) groups excluding carboxylic acids is 2. The summed E-state index contributed by atoms with van der Waals surface area (Å²) in [6.45, 7) is 2.10. The Bertz CT molecular complexity index is 1440. The lowest BCUT2D eigenvalue weighted by molar-refractivity contribution is -0.117. The third-order valence-electron chi connectivity index (χ3n) is 5.78. The van der Waals surface area contributed by atoms with Gasteiger partial charge in [-0.2, -0.15) is 0 Å². The summed E-state index contributed by atoms with van der Waals surface area (Å²) in [5.41, 5.74) is 1.62. The van der Waals surface area contributed by atoms with E-state index in [2.05, 4.69) is 10.6 Å². The van der Waals surface area contributed by atoms with Gasteiger partial charge in [0.15, 0.2) is 0 Å². The molecule has 0 saturated carbocycles. The molecule has 2 N–H and O–H groups in total. The predicted octanol–water partition coefficient (Wildman–Crippen LogP) is 5.74. The first kappa shape index (κ1) is 26.8. The van der Waals surface area contributed by atoms with E-state index in [0.29, 0.717) is 16.4 Å². The Morgan fingerprint density at radius 2 is 1.21 bits per heavy atom. The maximum Gasteiger partial charge on any atom is 0.268 e. The second kappa shape index (κ2) is 12.8. The van der Waals surface area contributed by atoms with Crippen molar-refractivity contribution in [3.63, 3.8) is 0 Å². The summed E-state index contributed by atoms with van der Waals surface area (Å²) in [5, 5.41) is 6.21. The highest BCUT2D eigenvalue weighted by atomic mass is 31.2. The third kappa shape index (κ3) is 6.35. The molecule has 38 heavy (non-hydrogen) atoms. The molecule has 1 unspecified atom stereocenters. The quantitative estimate of drug-likeness (QED) is 0.205. The van der Waals surface area contributed by atoms with Crippen LogP contribution in [0.4, 0.5) is 0 Å². The minimum Gasteiger partial charge on any atom is -0.347 e. The van der Waals surface area contributed by atoms with Gasteiger partial charge in [-0.15, -0.1) is 0 Å². The fraction of sp³-hybridized carbons (Fsp3) is 0.0968. The Morgan fingerprint density at radius 3 is 1.76 bits per heavy atom. The molecular weight excluding hydrogens is 495 g/mol. The minimum absolute atomic E-state index is 0.123. The molecule has 4 aromatic rings. The van der Waals surface area contributed by atoms with Crippen LogP contribution in [0.3, 0.4) is 0 Å². The van der Waals surface area contributed by atoms with Gasteiger partial charge in [-0.1, -0.05) is 97.1 Å². The molecule has 0 aliphatic carbocycles. The van der Waals surface area contributed by atoms with Crippen LogP contribution < -0.4 is 15.9 Å². The van der Waals surface area contributed by atoms with E-state index in [9.17, 15) is 14.2 Å². The SMILES string of the molecule is CCOP(=O)(/C(=C(\NC(=O)c1ccccc1)C(=O)NCc1ccccc1)c1ccccc1)c1ccccc1. The molecule has 0 spiro atoms. The van der Waals surface area contributed by atoms with Crippen molar-refractivity contribution >= 4 is 29.8 Å². The number of carbonyl (C=O) groups is 2. The Balaban J connectivity index is 1.91. The molecule has 2 amide bonds. The molecule has 0 heterocycles. The van der Waals surface area contributed by atoms with Gasteiger partial charge < -0.3 is 15.2 Å². The van der Waals surface area contributed by atoms with Crippen molar-refractivity contribution in [2.75, 3.05) is 6.61 Å². The first-order valence-electron chi connectivity index (χ1n) is 12.3. The molecule has 4 aromatic carbocycles. The summed E-state index contributed by atoms with van der Waals surface area (Å²) in [7, 11) is -3.85. The van der Waals surface area contributed by atoms with Crippen LogP contribution in [0.15, 0.2) is 127 Å². The molecule has 7 heteroatoms. The molecule has 0 saturated heterocycles. The second-order valence-electron chi connectivity index (χ2n) is 8.38. The number of hydrogen-bond acceptors (Lipinski definition) is 4. The van der Waals surface area contributed by atoms with Crippen LogP contribution in [0.25, 0.3) is 5.31 Å². The molecule has 0 aromatic heterocycles. The zero-order valence-corrected chi connectivity index (χ0v) is 21.9. The number of hydrogen-bond donors (Lipinski definition) is 2. The minimum atomic E-state index is -3.85. The van der Waals surface area contributed by atoms with Gasteiger partial charge in [-0.05, 0) is 42.3 Å². The van der Waals surface area contributed by atoms with Gasteiger partial charge >= 0.3 is 0 Å². The predicted molar refractivity (Wildman–Crippen MR) is 151 cm³/mol. The zero-order valence-electron chi connectivity index (χ0n) is 21.0. The molecule has 192 valence electrons. The maximum atomic E-state index is 14.8. The van der Waals surface area contributed by atoms with Crippen LogP contribution in [0.1, 0.15) is 28.4 Å². The lowest BCUT2D eigenvalue weighted by Gasteiger charge is -2.25. The van der Waals surface area contributed by atoms with Crippen LogP contribution in [-0.4, -0.2) is 18.4 Å². The van der Waals surface area contributed by atoms with E-state index >= 15 is 0 Å². The number of rotatable bonds is 10. The monoisotopic (exact) mass is 524 g/mol. The van der Waals surface area contributed by atoms with Crippen molar-refractivity contribution in [3.8, 4) is 0 Å². The van der Waals surface area contributed by atoms with Crippen molar-refractivity contribution in [2.45, 2.75) is 13.5 Å². The summed E-state index contributed by atoms with van der Waals surface area (Å²) in [5.74, 6) is -1.08. The van der Waals surface area contributed by atoms with Crippen LogP contribution in [0.2, 0.25) is 0 Å². The summed E-state index contributed by atoms with van der Waals surface area (Å²) >= 11 is 0. The number of benzene rings is 4. The molecule has 0 radical (unpaired) electrons. The molecule has 0 fully saturated rings. The van der Waals surface area contributed by atoms with E-state index in [-0.39, 0.29) is 24.2 Å². The summed E-state index contributed by atoms with van der Waals surface area (Å²) in [4.78, 5) is 27.2. The molecule has 6 nitrogen and oxygen atoms in total. The summed E-state index contributed by atoms with van der Waals surface area (Å²) in [6, 6.07) is 35.7. The van der Waals surface area contributed by atoms with Gasteiger partial charge in [-0.25, -0.2) is 0 Å². The lowest BCUT2D eigenvalue weighted by Crippen LogP contribution is -2.36. The third-order valence-corrected chi connectivity index (χ3v) is 8.45. The van der Waals surface area contributed by atoms with E-state index in [1.807, 2.05) is 42.5 Å². The fourth-order valence-corrected chi connectivity index (χ4v) is 6.40. The topological polar surface area (TPSA) is 84.5 Å². The first-order valence-corrected chi connectivity index (χ1v) is 13.9. The molecule has 0 aliphatic rings. The molecule has 1 atom stereocenters. The fourth-order valence-electron chi connectivity index (χ4n) is 4.00. The van der Waals surface area contributed by atoms with Crippen molar-refractivity contribution in [1.29, 1.82) is 0 Å². The van der Waals surface area contributed by atoms with Crippen molar-refractivity contribution in [3.05, 3.63) is 144 Å². The lowest BCUT2D eigenvalue weighted by atomic mass is 10.1. The zero-order chi connectivity index (χ0) is 26.8. The second-order valence-corrected chi connectivity index (χ2v) is 10.7. The Morgan fingerprint density at radius 1 is 0.711 bits per heavy atom. The average molecular weight is 525 g/mol. The molecular formula is C31H29N2O4P. The Hall–Kier alpha value is -4.25. The van der Waals surface area contributed by atoms with E-state index in [0.717, 1.165) is 5.56 Å². The van der Waals surface area contributed by atoms with Gasteiger partial charge in [0.25, 0.3) is 19.2 Å². The van der Waals surface area contributed by atoms with E-state index in [1.54, 1.807) is 85.8 Å². The standard InChI is InChI=1S/C31H29N2O4P/c1-2-37-38(36,27-21-13-6-14-22-27)29(25-17-9-4-10-18-25)28(33-30(34)26-19-11-5-12-20-26)31(35)32-23-24-15-7-3-8-16-24/h3-22H,2,23H2,1H3,(H,32,35)(H,33,34)/b29-28-. The van der Waals surface area contributed by atoms with Gasteiger partial charge in [0.05, 0.1) is 11.9 Å². The summed E-state index contributed by atoms with van der Waals surface area (Å²) in [6.07, 6.45) is 0. The van der Waals surface area contributed by atoms with Crippen molar-refractivity contribution < 1.29 is 18.7 Å². The smallest absolute Gasteiger partial charge is 0.268 e. The molecule has 0 aliphatic heterocycles. The van der Waals surface area contributed by atoms with Crippen LogP contribution in [-0.2, 0) is 20.4 Å². The normalized spacial score (nSPS) is 13.1. The van der Waals surface area contributed by atoms with E-state index in [4.69, 9.17) is 4.52 Å². The largest absolute Gasteiger partial charge is 0.347 e. The molecule has 0 bridgehead atoms. The number of amides is 2. The van der Waals surface area contributed by atoms with Crippen LogP contribution >= 0.6 is 7.37 Å². The maximum absolute atomic E-state index is 14.8. The van der Waals surface area contributed by atoms with Crippen LogP contribution in [0.5, 0.6) is 0 Å².